The van der Waals surface area contributed by atoms with Crippen LogP contribution in [0.25, 0.3) is 0 Å². The first-order chi connectivity index (χ1) is 7.91. The molecule has 1 fully saturated rings. The molecule has 2 rings (SSSR count). The molecule has 1 saturated heterocycles. The van der Waals surface area contributed by atoms with E-state index < -0.39 is 15.8 Å². The van der Waals surface area contributed by atoms with E-state index in [1.54, 1.807) is 0 Å². The van der Waals surface area contributed by atoms with Gasteiger partial charge in [-0.2, -0.15) is 4.31 Å². The van der Waals surface area contributed by atoms with Crippen molar-refractivity contribution in [3.05, 3.63) is 28.5 Å². The van der Waals surface area contributed by atoms with E-state index in [4.69, 9.17) is 5.73 Å². The molecule has 1 aromatic carbocycles. The highest BCUT2D eigenvalue weighted by Crippen LogP contribution is 2.27. The van der Waals surface area contributed by atoms with Gasteiger partial charge in [0.05, 0.1) is 4.90 Å². The number of nitrogens with zero attached hydrogens (tertiary/aromatic N) is 1. The van der Waals surface area contributed by atoms with E-state index in [1.165, 1.54) is 10.4 Å². The lowest BCUT2D eigenvalue weighted by atomic mass is 10.3. The Morgan fingerprint density at radius 2 is 2.18 bits per heavy atom. The van der Waals surface area contributed by atoms with Gasteiger partial charge < -0.3 is 5.73 Å². The van der Waals surface area contributed by atoms with Crippen LogP contribution in [-0.2, 0) is 10.0 Å². The first-order valence-corrected chi connectivity index (χ1v) is 7.35. The summed E-state index contributed by atoms with van der Waals surface area (Å²) in [5.41, 5.74) is 5.68. The summed E-state index contributed by atoms with van der Waals surface area (Å²) in [4.78, 5) is 0.0769. The summed E-state index contributed by atoms with van der Waals surface area (Å²) in [6.07, 6.45) is 0.651. The molecule has 1 atom stereocenters. The molecule has 0 aromatic heterocycles. The first-order valence-electron chi connectivity index (χ1n) is 5.12. The molecule has 94 valence electrons. The summed E-state index contributed by atoms with van der Waals surface area (Å²) in [6, 6.07) is 3.42. The number of hydrogen-bond donors (Lipinski definition) is 1. The van der Waals surface area contributed by atoms with Crippen LogP contribution < -0.4 is 5.73 Å². The third-order valence-electron chi connectivity index (χ3n) is 2.70. The molecule has 0 saturated carbocycles. The van der Waals surface area contributed by atoms with Gasteiger partial charge in [0.25, 0.3) is 0 Å². The van der Waals surface area contributed by atoms with Gasteiger partial charge in [-0.25, -0.2) is 12.8 Å². The Labute approximate surface area is 108 Å². The molecule has 2 N–H and O–H groups in total. The SMILES string of the molecule is N[C@H]1CCN(S(=O)(=O)c2ccc(F)cc2Br)C1. The molecule has 0 amide bonds. The molecule has 0 spiro atoms. The quantitative estimate of drug-likeness (QED) is 0.893. The van der Waals surface area contributed by atoms with Crippen molar-refractivity contribution < 1.29 is 12.8 Å². The minimum Gasteiger partial charge on any atom is -0.326 e. The second-order valence-corrected chi connectivity index (χ2v) is 6.75. The Bertz CT molecular complexity index is 535. The van der Waals surface area contributed by atoms with Gasteiger partial charge in [0, 0.05) is 23.6 Å². The van der Waals surface area contributed by atoms with Gasteiger partial charge in [-0.15, -0.1) is 0 Å². The molecule has 1 aliphatic heterocycles. The Balaban J connectivity index is 2.38. The fraction of sp³-hybridized carbons (Fsp3) is 0.400. The molecule has 17 heavy (non-hydrogen) atoms. The molecule has 7 heteroatoms. The molecule has 1 aliphatic rings. The van der Waals surface area contributed by atoms with E-state index in [2.05, 4.69) is 15.9 Å². The summed E-state index contributed by atoms with van der Waals surface area (Å²) in [7, 11) is -3.58. The van der Waals surface area contributed by atoms with Crippen LogP contribution in [0, 0.1) is 5.82 Å². The molecule has 0 aliphatic carbocycles. The average molecular weight is 323 g/mol. The zero-order valence-corrected chi connectivity index (χ0v) is 11.3. The van der Waals surface area contributed by atoms with Crippen molar-refractivity contribution >= 4 is 26.0 Å². The second kappa shape index (κ2) is 4.64. The molecule has 0 unspecified atom stereocenters. The molecule has 1 heterocycles. The van der Waals surface area contributed by atoms with Crippen LogP contribution >= 0.6 is 15.9 Å². The number of benzene rings is 1. The van der Waals surface area contributed by atoms with Crippen molar-refractivity contribution in [2.75, 3.05) is 13.1 Å². The fourth-order valence-electron chi connectivity index (χ4n) is 1.80. The minimum absolute atomic E-state index is 0.0769. The highest BCUT2D eigenvalue weighted by atomic mass is 79.9. The van der Waals surface area contributed by atoms with Crippen LogP contribution in [0.5, 0.6) is 0 Å². The predicted molar refractivity (Wildman–Crippen MR) is 65.5 cm³/mol. The van der Waals surface area contributed by atoms with Crippen LogP contribution in [-0.4, -0.2) is 31.9 Å². The third kappa shape index (κ3) is 2.52. The zero-order chi connectivity index (χ0) is 12.6. The summed E-state index contributed by atoms with van der Waals surface area (Å²) in [6.45, 7) is 0.722. The highest BCUT2D eigenvalue weighted by Gasteiger charge is 2.32. The van der Waals surface area contributed by atoms with Gasteiger partial charge in [-0.1, -0.05) is 0 Å². The van der Waals surface area contributed by atoms with E-state index in [1.807, 2.05) is 0 Å². The van der Waals surface area contributed by atoms with Crippen molar-refractivity contribution in [2.24, 2.45) is 5.73 Å². The molecule has 0 bridgehead atoms. The number of nitrogens with two attached hydrogens (primary N) is 1. The van der Waals surface area contributed by atoms with Gasteiger partial charge in [-0.05, 0) is 40.5 Å². The monoisotopic (exact) mass is 322 g/mol. The number of halogens is 2. The second-order valence-electron chi connectivity index (χ2n) is 3.99. The van der Waals surface area contributed by atoms with E-state index in [-0.39, 0.29) is 15.4 Å². The van der Waals surface area contributed by atoms with Gasteiger partial charge in [0.2, 0.25) is 10.0 Å². The Morgan fingerprint density at radius 3 is 2.71 bits per heavy atom. The first kappa shape index (κ1) is 12.9. The van der Waals surface area contributed by atoms with Crippen molar-refractivity contribution in [1.29, 1.82) is 0 Å². The van der Waals surface area contributed by atoms with Crippen LogP contribution in [0.4, 0.5) is 4.39 Å². The molecule has 1 aromatic rings. The summed E-state index contributed by atoms with van der Waals surface area (Å²) >= 11 is 3.07. The zero-order valence-electron chi connectivity index (χ0n) is 8.94. The lowest BCUT2D eigenvalue weighted by Gasteiger charge is -2.16. The molecular formula is C10H12BrFN2O2S. The smallest absolute Gasteiger partial charge is 0.244 e. The maximum absolute atomic E-state index is 12.9. The van der Waals surface area contributed by atoms with E-state index >= 15 is 0 Å². The van der Waals surface area contributed by atoms with Gasteiger partial charge in [0.15, 0.2) is 0 Å². The summed E-state index contributed by atoms with van der Waals surface area (Å²) in [5, 5.41) is 0. The van der Waals surface area contributed by atoms with Crippen molar-refractivity contribution in [3.8, 4) is 0 Å². The van der Waals surface area contributed by atoms with Crippen LogP contribution in [0.15, 0.2) is 27.6 Å². The maximum atomic E-state index is 12.9. The third-order valence-corrected chi connectivity index (χ3v) is 5.54. The van der Waals surface area contributed by atoms with Gasteiger partial charge >= 0.3 is 0 Å². The Morgan fingerprint density at radius 1 is 1.47 bits per heavy atom. The molecular weight excluding hydrogens is 311 g/mol. The van der Waals surface area contributed by atoms with Crippen molar-refractivity contribution in [3.63, 3.8) is 0 Å². The largest absolute Gasteiger partial charge is 0.326 e. The van der Waals surface area contributed by atoms with E-state index in [9.17, 15) is 12.8 Å². The van der Waals surface area contributed by atoms with Crippen molar-refractivity contribution in [2.45, 2.75) is 17.4 Å². The van der Waals surface area contributed by atoms with Crippen LogP contribution in [0.2, 0.25) is 0 Å². The summed E-state index contributed by atoms with van der Waals surface area (Å²) in [5.74, 6) is -0.478. The molecule has 0 radical (unpaired) electrons. The van der Waals surface area contributed by atoms with Gasteiger partial charge in [0.1, 0.15) is 5.82 Å². The lowest BCUT2D eigenvalue weighted by Crippen LogP contribution is -2.32. The number of sulfonamides is 1. The minimum atomic E-state index is -3.58. The normalized spacial score (nSPS) is 21.9. The number of rotatable bonds is 2. The van der Waals surface area contributed by atoms with E-state index in [0.29, 0.717) is 19.5 Å². The van der Waals surface area contributed by atoms with Crippen molar-refractivity contribution in [1.82, 2.24) is 4.31 Å². The maximum Gasteiger partial charge on any atom is 0.244 e. The predicted octanol–water partition coefficient (Wildman–Crippen LogP) is 1.31. The molecule has 4 nitrogen and oxygen atoms in total. The lowest BCUT2D eigenvalue weighted by molar-refractivity contribution is 0.472. The van der Waals surface area contributed by atoms with Crippen LogP contribution in [0.3, 0.4) is 0 Å². The Kier molecular flexibility index (Phi) is 3.53. The van der Waals surface area contributed by atoms with Crippen LogP contribution in [0.1, 0.15) is 6.42 Å². The highest BCUT2D eigenvalue weighted by molar-refractivity contribution is 9.10. The topological polar surface area (TPSA) is 63.4 Å². The average Bonchev–Trinajstić information content (AvgIpc) is 2.64. The van der Waals surface area contributed by atoms with E-state index in [0.717, 1.165) is 12.1 Å². The van der Waals surface area contributed by atoms with Gasteiger partial charge in [-0.3, -0.25) is 0 Å². The Hall–Kier alpha value is -0.500. The number of hydrogen-bond acceptors (Lipinski definition) is 3. The fourth-order valence-corrected chi connectivity index (χ4v) is 4.32. The summed E-state index contributed by atoms with van der Waals surface area (Å²) < 4.78 is 38.9. The standard InChI is InChI=1S/C10H12BrFN2O2S/c11-9-5-7(12)1-2-10(9)17(15,16)14-4-3-8(13)6-14/h1-2,5,8H,3-4,6,13H2/t8-/m0/s1.